The monoisotopic (exact) mass is 209 g/mol. The van der Waals surface area contributed by atoms with E-state index in [-0.39, 0.29) is 13.1 Å². The van der Waals surface area contributed by atoms with Gasteiger partial charge in [-0.1, -0.05) is 0 Å². The molecule has 4 nitrogen and oxygen atoms in total. The van der Waals surface area contributed by atoms with E-state index in [0.717, 1.165) is 16.9 Å². The molecule has 0 saturated carbocycles. The van der Waals surface area contributed by atoms with Gasteiger partial charge in [0.15, 0.2) is 5.69 Å². The molecule has 0 aliphatic carbocycles. The van der Waals surface area contributed by atoms with E-state index in [9.17, 15) is 13.2 Å². The minimum absolute atomic E-state index is 0.0127. The van der Waals surface area contributed by atoms with Gasteiger partial charge in [0, 0.05) is 12.7 Å². The summed E-state index contributed by atoms with van der Waals surface area (Å²) in [6.07, 6.45) is -4.17. The summed E-state index contributed by atoms with van der Waals surface area (Å²) < 4.78 is 37.2. The van der Waals surface area contributed by atoms with E-state index in [4.69, 9.17) is 10.8 Å². The third-order valence-electron chi connectivity index (χ3n) is 1.60. The number of aromatic nitrogens is 2. The summed E-state index contributed by atoms with van der Waals surface area (Å²) in [4.78, 5) is 0. The lowest BCUT2D eigenvalue weighted by atomic mass is 10.4. The number of hydrogen-bond acceptors (Lipinski definition) is 3. The van der Waals surface area contributed by atoms with Crippen molar-refractivity contribution in [3.8, 4) is 0 Å². The van der Waals surface area contributed by atoms with E-state index in [0.29, 0.717) is 0 Å². The summed E-state index contributed by atoms with van der Waals surface area (Å²) in [5.41, 5.74) is 4.13. The molecule has 1 atom stereocenters. The van der Waals surface area contributed by atoms with E-state index in [2.05, 4.69) is 5.10 Å². The smallest absolute Gasteiger partial charge is 0.390 e. The number of hydrogen-bond donors (Lipinski definition) is 2. The maximum absolute atomic E-state index is 12.1. The number of halogens is 3. The normalized spacial score (nSPS) is 14.4. The molecule has 7 heteroatoms. The molecule has 0 aliphatic rings. The Morgan fingerprint density at radius 2 is 2.21 bits per heavy atom. The van der Waals surface area contributed by atoms with Gasteiger partial charge in [-0.3, -0.25) is 4.68 Å². The number of aliphatic hydroxyl groups is 1. The second kappa shape index (κ2) is 3.97. The lowest BCUT2D eigenvalue weighted by molar-refractivity contribution is -0.141. The van der Waals surface area contributed by atoms with Crippen molar-refractivity contribution >= 4 is 0 Å². The standard InChI is InChI=1S/C7H10F3N3O/c8-7(9,10)6-1-2-13(12-6)4-5(14)3-11/h1-2,5,14H,3-4,11H2. The number of rotatable bonds is 3. The molecule has 0 spiro atoms. The van der Waals surface area contributed by atoms with Crippen molar-refractivity contribution in [2.75, 3.05) is 6.54 Å². The Hall–Kier alpha value is -1.08. The molecule has 0 aliphatic heterocycles. The Bertz CT molecular complexity index is 297. The lowest BCUT2D eigenvalue weighted by Crippen LogP contribution is -2.25. The molecular weight excluding hydrogens is 199 g/mol. The summed E-state index contributed by atoms with van der Waals surface area (Å²) in [5.74, 6) is 0. The fraction of sp³-hybridized carbons (Fsp3) is 0.571. The van der Waals surface area contributed by atoms with Gasteiger partial charge in [-0.15, -0.1) is 0 Å². The van der Waals surface area contributed by atoms with Crippen LogP contribution in [0.3, 0.4) is 0 Å². The van der Waals surface area contributed by atoms with Crippen LogP contribution < -0.4 is 5.73 Å². The third-order valence-corrected chi connectivity index (χ3v) is 1.60. The van der Waals surface area contributed by atoms with Crippen molar-refractivity contribution in [1.29, 1.82) is 0 Å². The van der Waals surface area contributed by atoms with Crippen LogP contribution in [-0.2, 0) is 12.7 Å². The van der Waals surface area contributed by atoms with Gasteiger partial charge in [0.2, 0.25) is 0 Å². The van der Waals surface area contributed by atoms with E-state index in [1.165, 1.54) is 0 Å². The van der Waals surface area contributed by atoms with Gasteiger partial charge < -0.3 is 10.8 Å². The molecule has 0 radical (unpaired) electrons. The van der Waals surface area contributed by atoms with Crippen LogP contribution in [0.15, 0.2) is 12.3 Å². The van der Waals surface area contributed by atoms with Crippen LogP contribution in [0, 0.1) is 0 Å². The predicted molar refractivity (Wildman–Crippen MR) is 42.3 cm³/mol. The Morgan fingerprint density at radius 1 is 1.57 bits per heavy atom. The summed E-state index contributed by atoms with van der Waals surface area (Å²) in [6.45, 7) is -0.0478. The van der Waals surface area contributed by atoms with Crippen molar-refractivity contribution in [1.82, 2.24) is 9.78 Å². The van der Waals surface area contributed by atoms with Crippen LogP contribution in [0.4, 0.5) is 13.2 Å². The maximum atomic E-state index is 12.1. The molecule has 1 aromatic heterocycles. The zero-order chi connectivity index (χ0) is 10.8. The summed E-state index contributed by atoms with van der Waals surface area (Å²) in [7, 11) is 0. The number of nitrogens with two attached hydrogens (primary N) is 1. The quantitative estimate of drug-likeness (QED) is 0.748. The highest BCUT2D eigenvalue weighted by molar-refractivity contribution is 5.03. The second-order valence-corrected chi connectivity index (χ2v) is 2.81. The minimum Gasteiger partial charge on any atom is -0.390 e. The van der Waals surface area contributed by atoms with E-state index in [1.807, 2.05) is 0 Å². The first-order valence-electron chi connectivity index (χ1n) is 3.92. The fourth-order valence-electron chi connectivity index (χ4n) is 0.905. The van der Waals surface area contributed by atoms with Crippen LogP contribution in [0.1, 0.15) is 5.69 Å². The van der Waals surface area contributed by atoms with Crippen molar-refractivity contribution in [3.05, 3.63) is 18.0 Å². The van der Waals surface area contributed by atoms with Gasteiger partial charge in [-0.05, 0) is 6.07 Å². The Morgan fingerprint density at radius 3 is 2.64 bits per heavy atom. The first-order chi connectivity index (χ1) is 6.43. The van der Waals surface area contributed by atoms with Gasteiger partial charge in [-0.2, -0.15) is 18.3 Å². The molecule has 0 amide bonds. The molecule has 1 rings (SSSR count). The van der Waals surface area contributed by atoms with Gasteiger partial charge in [-0.25, -0.2) is 0 Å². The molecule has 80 valence electrons. The molecule has 0 bridgehead atoms. The molecule has 3 N–H and O–H groups in total. The van der Waals surface area contributed by atoms with E-state index < -0.39 is 18.0 Å². The largest absolute Gasteiger partial charge is 0.435 e. The Labute approximate surface area is 78.1 Å². The highest BCUT2D eigenvalue weighted by Gasteiger charge is 2.33. The van der Waals surface area contributed by atoms with E-state index >= 15 is 0 Å². The molecule has 1 unspecified atom stereocenters. The van der Waals surface area contributed by atoms with E-state index in [1.54, 1.807) is 0 Å². The molecule has 1 aromatic rings. The average Bonchev–Trinajstić information content (AvgIpc) is 2.51. The van der Waals surface area contributed by atoms with Crippen molar-refractivity contribution in [3.63, 3.8) is 0 Å². The van der Waals surface area contributed by atoms with Crippen LogP contribution >= 0.6 is 0 Å². The molecule has 0 saturated heterocycles. The van der Waals surface area contributed by atoms with Gasteiger partial charge in [0.1, 0.15) is 0 Å². The summed E-state index contributed by atoms with van der Waals surface area (Å²) >= 11 is 0. The maximum Gasteiger partial charge on any atom is 0.435 e. The van der Waals surface area contributed by atoms with Crippen molar-refractivity contribution in [2.45, 2.75) is 18.8 Å². The molecule has 1 heterocycles. The zero-order valence-electron chi connectivity index (χ0n) is 7.20. The van der Waals surface area contributed by atoms with Crippen LogP contribution in [-0.4, -0.2) is 27.5 Å². The SMILES string of the molecule is NCC(O)Cn1ccc(C(F)(F)F)n1. The first kappa shape index (κ1) is 11.0. The predicted octanol–water partition coefficient (Wildman–Crippen LogP) is 0.221. The van der Waals surface area contributed by atoms with Crippen molar-refractivity contribution in [2.24, 2.45) is 5.73 Å². The van der Waals surface area contributed by atoms with Gasteiger partial charge in [0.05, 0.1) is 12.6 Å². The average molecular weight is 209 g/mol. The number of alkyl halides is 3. The van der Waals surface area contributed by atoms with Gasteiger partial charge >= 0.3 is 6.18 Å². The summed E-state index contributed by atoms with van der Waals surface area (Å²) in [5, 5.41) is 12.3. The third kappa shape index (κ3) is 2.71. The minimum atomic E-state index is -4.45. The molecule has 0 aromatic carbocycles. The fourth-order valence-corrected chi connectivity index (χ4v) is 0.905. The zero-order valence-corrected chi connectivity index (χ0v) is 7.20. The highest BCUT2D eigenvalue weighted by atomic mass is 19.4. The second-order valence-electron chi connectivity index (χ2n) is 2.81. The Kier molecular flexibility index (Phi) is 3.12. The summed E-state index contributed by atoms with van der Waals surface area (Å²) in [6, 6.07) is 0.850. The first-order valence-corrected chi connectivity index (χ1v) is 3.92. The number of aliphatic hydroxyl groups excluding tert-OH is 1. The van der Waals surface area contributed by atoms with Gasteiger partial charge in [0.25, 0.3) is 0 Å². The molecule has 0 fully saturated rings. The topological polar surface area (TPSA) is 64.1 Å². The Balaban J connectivity index is 2.69. The van der Waals surface area contributed by atoms with Crippen molar-refractivity contribution < 1.29 is 18.3 Å². The van der Waals surface area contributed by atoms with Crippen LogP contribution in [0.5, 0.6) is 0 Å². The molecular formula is C7H10F3N3O. The highest BCUT2D eigenvalue weighted by Crippen LogP contribution is 2.27. The lowest BCUT2D eigenvalue weighted by Gasteiger charge is -2.07. The van der Waals surface area contributed by atoms with Crippen LogP contribution in [0.25, 0.3) is 0 Å². The molecule has 14 heavy (non-hydrogen) atoms. The van der Waals surface area contributed by atoms with Crippen LogP contribution in [0.2, 0.25) is 0 Å². The number of nitrogens with zero attached hydrogens (tertiary/aromatic N) is 2.